The maximum atomic E-state index is 13.9. The quantitative estimate of drug-likeness (QED) is 0.637. The first-order valence-electron chi connectivity index (χ1n) is 5.76. The zero-order chi connectivity index (χ0) is 14.2. The molecular formula is C15H12Cl2F2. The highest BCUT2D eigenvalue weighted by Crippen LogP contribution is 2.36. The van der Waals surface area contributed by atoms with Crippen LogP contribution >= 0.6 is 23.2 Å². The zero-order valence-electron chi connectivity index (χ0n) is 10.5. The van der Waals surface area contributed by atoms with Gasteiger partial charge in [-0.25, -0.2) is 8.78 Å². The van der Waals surface area contributed by atoms with E-state index in [2.05, 4.69) is 0 Å². The molecule has 0 fully saturated rings. The Morgan fingerprint density at radius 2 is 1.63 bits per heavy atom. The van der Waals surface area contributed by atoms with Gasteiger partial charge in [0.2, 0.25) is 0 Å². The topological polar surface area (TPSA) is 0 Å². The first-order chi connectivity index (χ1) is 8.90. The minimum atomic E-state index is -0.743. The predicted molar refractivity (Wildman–Crippen MR) is 75.0 cm³/mol. The van der Waals surface area contributed by atoms with Gasteiger partial charge in [-0.1, -0.05) is 23.7 Å². The van der Waals surface area contributed by atoms with Crippen molar-refractivity contribution in [3.8, 4) is 0 Å². The molecule has 0 heterocycles. The number of hydrogen-bond donors (Lipinski definition) is 0. The van der Waals surface area contributed by atoms with Crippen LogP contribution in [0.1, 0.15) is 27.6 Å². The molecule has 19 heavy (non-hydrogen) atoms. The molecule has 1 unspecified atom stereocenters. The summed E-state index contributed by atoms with van der Waals surface area (Å²) in [7, 11) is 0. The molecule has 0 saturated heterocycles. The van der Waals surface area contributed by atoms with Gasteiger partial charge in [-0.2, -0.15) is 0 Å². The maximum Gasteiger partial charge on any atom is 0.128 e. The summed E-state index contributed by atoms with van der Waals surface area (Å²) in [5.41, 5.74) is 2.08. The molecule has 100 valence electrons. The fourth-order valence-electron chi connectivity index (χ4n) is 1.88. The molecule has 0 aliphatic rings. The summed E-state index contributed by atoms with van der Waals surface area (Å²) in [6.45, 7) is 3.41. The molecule has 2 aromatic rings. The Morgan fingerprint density at radius 1 is 0.947 bits per heavy atom. The van der Waals surface area contributed by atoms with Crippen molar-refractivity contribution in [3.05, 3.63) is 69.2 Å². The number of aryl methyl sites for hydroxylation is 2. The SMILES string of the molecule is Cc1ccc(C(Cl)c2cc(C)c(F)cc2Cl)c(F)c1. The summed E-state index contributed by atoms with van der Waals surface area (Å²) in [6, 6.07) is 7.56. The van der Waals surface area contributed by atoms with Gasteiger partial charge in [-0.15, -0.1) is 11.6 Å². The minimum absolute atomic E-state index is 0.197. The van der Waals surface area contributed by atoms with Crippen molar-refractivity contribution in [2.75, 3.05) is 0 Å². The first-order valence-corrected chi connectivity index (χ1v) is 6.57. The summed E-state index contributed by atoms with van der Waals surface area (Å²) in [4.78, 5) is 0. The van der Waals surface area contributed by atoms with Crippen molar-refractivity contribution in [1.82, 2.24) is 0 Å². The second-order valence-electron chi connectivity index (χ2n) is 4.51. The molecule has 0 spiro atoms. The van der Waals surface area contributed by atoms with E-state index in [4.69, 9.17) is 23.2 Å². The zero-order valence-corrected chi connectivity index (χ0v) is 12.0. The average Bonchev–Trinajstić information content (AvgIpc) is 2.33. The van der Waals surface area contributed by atoms with Crippen molar-refractivity contribution in [3.63, 3.8) is 0 Å². The summed E-state index contributed by atoms with van der Waals surface area (Å²) in [5, 5.41) is -0.546. The number of rotatable bonds is 2. The predicted octanol–water partition coefficient (Wildman–Crippen LogP) is 5.56. The number of hydrogen-bond acceptors (Lipinski definition) is 0. The van der Waals surface area contributed by atoms with Gasteiger partial charge in [0.25, 0.3) is 0 Å². The summed E-state index contributed by atoms with van der Waals surface area (Å²) >= 11 is 12.3. The van der Waals surface area contributed by atoms with Crippen molar-refractivity contribution >= 4 is 23.2 Å². The molecule has 0 radical (unpaired) electrons. The van der Waals surface area contributed by atoms with Crippen LogP contribution in [0.25, 0.3) is 0 Å². The lowest BCUT2D eigenvalue weighted by Crippen LogP contribution is -2.00. The molecule has 1 atom stereocenters. The van der Waals surface area contributed by atoms with Crippen LogP contribution in [0, 0.1) is 25.5 Å². The second-order valence-corrected chi connectivity index (χ2v) is 5.35. The first kappa shape index (κ1) is 14.3. The Kier molecular flexibility index (Phi) is 4.12. The van der Waals surface area contributed by atoms with Crippen molar-refractivity contribution < 1.29 is 8.78 Å². The van der Waals surface area contributed by atoms with Crippen LogP contribution in [0.4, 0.5) is 8.78 Å². The van der Waals surface area contributed by atoms with Crippen molar-refractivity contribution in [2.24, 2.45) is 0 Å². The molecule has 2 rings (SSSR count). The monoisotopic (exact) mass is 300 g/mol. The Labute approximate surface area is 121 Å². The van der Waals surface area contributed by atoms with E-state index in [-0.39, 0.29) is 5.02 Å². The fraction of sp³-hybridized carbons (Fsp3) is 0.200. The van der Waals surface area contributed by atoms with E-state index in [1.165, 1.54) is 12.1 Å². The lowest BCUT2D eigenvalue weighted by molar-refractivity contribution is 0.609. The van der Waals surface area contributed by atoms with E-state index in [1.807, 2.05) is 0 Å². The molecular weight excluding hydrogens is 289 g/mol. The van der Waals surface area contributed by atoms with Gasteiger partial charge in [0.1, 0.15) is 11.6 Å². The lowest BCUT2D eigenvalue weighted by atomic mass is 10.0. The molecule has 0 saturated carbocycles. The molecule has 0 nitrogen and oxygen atoms in total. The minimum Gasteiger partial charge on any atom is -0.207 e. The van der Waals surface area contributed by atoms with E-state index in [0.29, 0.717) is 16.7 Å². The van der Waals surface area contributed by atoms with Crippen LogP contribution in [0.3, 0.4) is 0 Å². The second kappa shape index (κ2) is 5.48. The molecule has 4 heteroatoms. The van der Waals surface area contributed by atoms with Gasteiger partial charge in [0.05, 0.1) is 5.38 Å². The molecule has 0 N–H and O–H groups in total. The van der Waals surface area contributed by atoms with Gasteiger partial charge < -0.3 is 0 Å². The van der Waals surface area contributed by atoms with Gasteiger partial charge in [-0.3, -0.25) is 0 Å². The Balaban J connectivity index is 2.49. The maximum absolute atomic E-state index is 13.9. The van der Waals surface area contributed by atoms with E-state index in [0.717, 1.165) is 5.56 Å². The van der Waals surface area contributed by atoms with Gasteiger partial charge in [0.15, 0.2) is 0 Å². The highest BCUT2D eigenvalue weighted by Gasteiger charge is 2.19. The van der Waals surface area contributed by atoms with Crippen molar-refractivity contribution in [1.29, 1.82) is 0 Å². The van der Waals surface area contributed by atoms with E-state index in [1.54, 1.807) is 32.0 Å². The van der Waals surface area contributed by atoms with E-state index < -0.39 is 17.0 Å². The Hall–Kier alpha value is -1.12. The standard InChI is InChI=1S/C15H12Cl2F2/c1-8-3-4-10(14(19)5-8)15(17)11-6-9(2)13(18)7-12(11)16/h3-7,15H,1-2H3. The smallest absolute Gasteiger partial charge is 0.128 e. The number of alkyl halides is 1. The molecule has 0 aliphatic carbocycles. The normalized spacial score (nSPS) is 12.5. The van der Waals surface area contributed by atoms with Crippen LogP contribution in [-0.2, 0) is 0 Å². The Bertz CT molecular complexity index is 624. The van der Waals surface area contributed by atoms with Crippen LogP contribution in [-0.4, -0.2) is 0 Å². The molecule has 0 aliphatic heterocycles. The summed E-state index contributed by atoms with van der Waals surface area (Å²) in [6.07, 6.45) is 0. The highest BCUT2D eigenvalue weighted by molar-refractivity contribution is 6.33. The summed E-state index contributed by atoms with van der Waals surface area (Å²) in [5.74, 6) is -0.792. The van der Waals surface area contributed by atoms with Crippen molar-refractivity contribution in [2.45, 2.75) is 19.2 Å². The largest absolute Gasteiger partial charge is 0.207 e. The molecule has 0 bridgehead atoms. The van der Waals surface area contributed by atoms with E-state index in [9.17, 15) is 8.78 Å². The lowest BCUT2D eigenvalue weighted by Gasteiger charge is -2.14. The van der Waals surface area contributed by atoms with E-state index >= 15 is 0 Å². The molecule has 0 amide bonds. The van der Waals surface area contributed by atoms with Crippen LogP contribution in [0.5, 0.6) is 0 Å². The molecule has 2 aromatic carbocycles. The third-order valence-electron chi connectivity index (χ3n) is 2.98. The third kappa shape index (κ3) is 2.90. The van der Waals surface area contributed by atoms with Crippen LogP contribution in [0.15, 0.2) is 30.3 Å². The number of halogens is 4. The Morgan fingerprint density at radius 3 is 2.26 bits per heavy atom. The highest BCUT2D eigenvalue weighted by atomic mass is 35.5. The average molecular weight is 301 g/mol. The van der Waals surface area contributed by atoms with Gasteiger partial charge in [-0.05, 0) is 48.7 Å². The van der Waals surface area contributed by atoms with Crippen LogP contribution in [0.2, 0.25) is 5.02 Å². The fourth-order valence-corrected chi connectivity index (χ4v) is 2.55. The third-order valence-corrected chi connectivity index (χ3v) is 3.78. The number of benzene rings is 2. The van der Waals surface area contributed by atoms with Gasteiger partial charge >= 0.3 is 0 Å². The van der Waals surface area contributed by atoms with Gasteiger partial charge in [0, 0.05) is 10.6 Å². The summed E-state index contributed by atoms with van der Waals surface area (Å²) < 4.78 is 27.3. The van der Waals surface area contributed by atoms with Crippen LogP contribution < -0.4 is 0 Å². The molecule has 0 aromatic heterocycles.